The van der Waals surface area contributed by atoms with E-state index in [2.05, 4.69) is 26.8 Å². The number of ether oxygens (including phenoxy) is 4. The first-order valence-electron chi connectivity index (χ1n) is 11.3. The van der Waals surface area contributed by atoms with E-state index in [-0.39, 0.29) is 53.4 Å². The van der Waals surface area contributed by atoms with E-state index in [1.54, 1.807) is 31.0 Å². The summed E-state index contributed by atoms with van der Waals surface area (Å²) in [5.74, 6) is -0.0882. The Bertz CT molecular complexity index is 753. The van der Waals surface area contributed by atoms with Crippen molar-refractivity contribution in [1.82, 2.24) is 9.80 Å². The van der Waals surface area contributed by atoms with Crippen molar-refractivity contribution in [3.8, 4) is 0 Å². The lowest BCUT2D eigenvalue weighted by molar-refractivity contribution is -0.140. The van der Waals surface area contributed by atoms with E-state index < -0.39 is 0 Å². The van der Waals surface area contributed by atoms with Crippen molar-refractivity contribution < 1.29 is 28.5 Å². The number of methoxy groups -OCH3 is 1. The number of nitrogens with zero attached hydrogens (tertiary/aromatic N) is 2. The first kappa shape index (κ1) is 22.6. The maximum atomic E-state index is 12.7. The minimum Gasteiger partial charge on any atom is -0.443 e. The monoisotopic (exact) mass is 436 g/mol. The summed E-state index contributed by atoms with van der Waals surface area (Å²) >= 11 is 0. The maximum Gasteiger partial charge on any atom is 0.410 e. The summed E-state index contributed by atoms with van der Waals surface area (Å²) in [5.41, 5.74) is 0.682. The normalized spacial score (nSPS) is 39.0. The molecule has 0 aromatic carbocycles. The number of rotatable bonds is 6. The smallest absolute Gasteiger partial charge is 0.410 e. The van der Waals surface area contributed by atoms with Gasteiger partial charge in [0.2, 0.25) is 5.91 Å². The van der Waals surface area contributed by atoms with Crippen LogP contribution in [-0.2, 0) is 23.7 Å². The summed E-state index contributed by atoms with van der Waals surface area (Å²) in [5, 5.41) is 0. The van der Waals surface area contributed by atoms with Gasteiger partial charge in [-0.2, -0.15) is 0 Å². The molecule has 0 bridgehead atoms. The number of carbonyl (C=O) groups is 2. The Morgan fingerprint density at radius 2 is 1.94 bits per heavy atom. The molecule has 174 valence electrons. The van der Waals surface area contributed by atoms with Crippen LogP contribution in [0.5, 0.6) is 0 Å². The van der Waals surface area contributed by atoms with Gasteiger partial charge in [0.15, 0.2) is 0 Å². The molecule has 0 aromatic heterocycles. The number of hydrogen-bond acceptors (Lipinski definition) is 6. The van der Waals surface area contributed by atoms with Crippen molar-refractivity contribution in [2.75, 3.05) is 40.9 Å². The van der Waals surface area contributed by atoms with Crippen molar-refractivity contribution in [3.63, 3.8) is 0 Å². The molecule has 4 aliphatic rings. The number of carbonyl (C=O) groups excluding carboxylic acids is 2. The molecule has 3 saturated heterocycles. The van der Waals surface area contributed by atoms with E-state index in [0.29, 0.717) is 26.1 Å². The molecule has 1 saturated carbocycles. The topological polar surface area (TPSA) is 84.1 Å². The highest BCUT2D eigenvalue weighted by atomic mass is 16.6. The van der Waals surface area contributed by atoms with Gasteiger partial charge < -0.3 is 28.7 Å². The van der Waals surface area contributed by atoms with E-state index in [9.17, 15) is 9.59 Å². The van der Waals surface area contributed by atoms with E-state index in [1.807, 2.05) is 0 Å². The van der Waals surface area contributed by atoms with Gasteiger partial charge in [-0.1, -0.05) is 11.6 Å². The van der Waals surface area contributed by atoms with Crippen LogP contribution in [0, 0.1) is 11.8 Å². The highest BCUT2D eigenvalue weighted by Gasteiger charge is 2.72. The zero-order valence-corrected chi connectivity index (χ0v) is 19.6. The lowest BCUT2D eigenvalue weighted by Gasteiger charge is -2.44. The number of allylic oxidation sites excluding steroid dienone is 1. The molecule has 3 heterocycles. The molecule has 8 heteroatoms. The Morgan fingerprint density at radius 3 is 2.48 bits per heavy atom. The summed E-state index contributed by atoms with van der Waals surface area (Å²) in [6.45, 7) is 7.82. The van der Waals surface area contributed by atoms with Crippen LogP contribution >= 0.6 is 0 Å². The fourth-order valence-electron chi connectivity index (χ4n) is 5.42. The van der Waals surface area contributed by atoms with E-state index in [0.717, 1.165) is 12.8 Å². The Hall–Kier alpha value is -1.64. The van der Waals surface area contributed by atoms with Crippen molar-refractivity contribution in [2.45, 2.75) is 69.5 Å². The van der Waals surface area contributed by atoms with Gasteiger partial charge in [0.05, 0.1) is 24.5 Å². The fraction of sp³-hybridized carbons (Fsp3) is 0.826. The highest BCUT2D eigenvalue weighted by molar-refractivity contribution is 5.82. The standard InChI is InChI=1S/C23H36N2O6/c1-14(2)7-8-17-22(3,31-17)19-18(28-6)16(9-10-23(19)13-29-23)30-21(27)25-11-15(12-25)20(26)24(4)5/h7,15-19H,8-13H2,1-6H3/t16-,17-,18-,19?,22+,23+/m1/s1. The average molecular weight is 437 g/mol. The summed E-state index contributed by atoms with van der Waals surface area (Å²) < 4.78 is 24.0. The average Bonchev–Trinajstić information content (AvgIpc) is 3.57. The molecule has 3 aliphatic heterocycles. The third-order valence-electron chi connectivity index (χ3n) is 7.42. The first-order valence-corrected chi connectivity index (χ1v) is 11.3. The number of amides is 2. The van der Waals surface area contributed by atoms with Crippen LogP contribution in [-0.4, -0.2) is 92.2 Å². The minimum absolute atomic E-state index is 0.00608. The van der Waals surface area contributed by atoms with Crippen LogP contribution in [0.25, 0.3) is 0 Å². The molecule has 0 aromatic rings. The molecule has 1 aliphatic carbocycles. The van der Waals surface area contributed by atoms with E-state index in [1.165, 1.54) is 5.57 Å². The second-order valence-corrected chi connectivity index (χ2v) is 10.1. The molecule has 8 nitrogen and oxygen atoms in total. The molecule has 0 radical (unpaired) electrons. The van der Waals surface area contributed by atoms with Crippen LogP contribution in [0.1, 0.15) is 40.0 Å². The third kappa shape index (κ3) is 4.10. The van der Waals surface area contributed by atoms with Gasteiger partial charge in [-0.15, -0.1) is 0 Å². The number of epoxide rings is 2. The van der Waals surface area contributed by atoms with Crippen molar-refractivity contribution in [3.05, 3.63) is 11.6 Å². The second-order valence-electron chi connectivity index (χ2n) is 10.1. The van der Waals surface area contributed by atoms with Gasteiger partial charge in [-0.25, -0.2) is 4.79 Å². The first-order chi connectivity index (χ1) is 14.6. The van der Waals surface area contributed by atoms with Gasteiger partial charge in [0, 0.05) is 34.3 Å². The Labute approximate surface area is 184 Å². The van der Waals surface area contributed by atoms with Gasteiger partial charge in [-0.3, -0.25) is 4.79 Å². The van der Waals surface area contributed by atoms with Crippen LogP contribution in [0.3, 0.4) is 0 Å². The maximum absolute atomic E-state index is 12.7. The Morgan fingerprint density at radius 1 is 1.26 bits per heavy atom. The fourth-order valence-corrected chi connectivity index (χ4v) is 5.42. The largest absolute Gasteiger partial charge is 0.443 e. The molecule has 4 fully saturated rings. The van der Waals surface area contributed by atoms with Crippen LogP contribution in [0.4, 0.5) is 4.79 Å². The molecule has 4 rings (SSSR count). The SMILES string of the molecule is CO[C@H]1C([C@@]2(C)O[C@@H]2CC=C(C)C)[C@]2(CC[C@H]1OC(=O)N1CC(C(=O)N(C)C)C1)CO2. The molecule has 31 heavy (non-hydrogen) atoms. The molecular weight excluding hydrogens is 400 g/mol. The number of hydrogen-bond donors (Lipinski definition) is 0. The van der Waals surface area contributed by atoms with E-state index in [4.69, 9.17) is 18.9 Å². The van der Waals surface area contributed by atoms with Gasteiger partial charge >= 0.3 is 6.09 Å². The summed E-state index contributed by atoms with van der Waals surface area (Å²) in [6.07, 6.45) is 3.69. The lowest BCUT2D eigenvalue weighted by Crippen LogP contribution is -2.59. The summed E-state index contributed by atoms with van der Waals surface area (Å²) in [7, 11) is 5.14. The van der Waals surface area contributed by atoms with Crippen LogP contribution < -0.4 is 0 Å². The van der Waals surface area contributed by atoms with Crippen LogP contribution in [0.2, 0.25) is 0 Å². The quantitative estimate of drug-likeness (QED) is 0.469. The van der Waals surface area contributed by atoms with E-state index >= 15 is 0 Å². The molecule has 6 atom stereocenters. The van der Waals surface area contributed by atoms with Gasteiger partial charge in [0.1, 0.15) is 23.4 Å². The molecule has 0 N–H and O–H groups in total. The van der Waals surface area contributed by atoms with Crippen molar-refractivity contribution in [1.29, 1.82) is 0 Å². The zero-order valence-electron chi connectivity index (χ0n) is 19.6. The van der Waals surface area contributed by atoms with Gasteiger partial charge in [-0.05, 0) is 40.0 Å². The Balaban J connectivity index is 1.40. The summed E-state index contributed by atoms with van der Waals surface area (Å²) in [6, 6.07) is 0. The lowest BCUT2D eigenvalue weighted by atomic mass is 9.68. The highest BCUT2D eigenvalue weighted by Crippen LogP contribution is 2.59. The minimum atomic E-state index is -0.371. The zero-order chi connectivity index (χ0) is 22.6. The Kier molecular flexibility index (Phi) is 5.85. The predicted molar refractivity (Wildman–Crippen MR) is 114 cm³/mol. The number of likely N-dealkylation sites (tertiary alicyclic amines) is 1. The third-order valence-corrected chi connectivity index (χ3v) is 7.42. The van der Waals surface area contributed by atoms with Gasteiger partial charge in [0.25, 0.3) is 0 Å². The van der Waals surface area contributed by atoms with Crippen molar-refractivity contribution in [2.24, 2.45) is 11.8 Å². The molecule has 2 amide bonds. The summed E-state index contributed by atoms with van der Waals surface area (Å²) in [4.78, 5) is 27.9. The predicted octanol–water partition coefficient (Wildman–Crippen LogP) is 2.22. The molecule has 1 spiro atoms. The molecule has 1 unspecified atom stereocenters. The second kappa shape index (κ2) is 8.05. The molecular formula is C23H36N2O6. The van der Waals surface area contributed by atoms with Crippen molar-refractivity contribution >= 4 is 12.0 Å². The van der Waals surface area contributed by atoms with Crippen LogP contribution in [0.15, 0.2) is 11.6 Å².